The molecule has 4 nitrogen and oxygen atoms in total. The molecule has 0 amide bonds. The zero-order valence-electron chi connectivity index (χ0n) is 11.1. The summed E-state index contributed by atoms with van der Waals surface area (Å²) < 4.78 is 44.5. The van der Waals surface area contributed by atoms with Gasteiger partial charge in [-0.2, -0.15) is 4.31 Å². The molecule has 0 bridgehead atoms. The summed E-state index contributed by atoms with van der Waals surface area (Å²) in [6, 6.07) is 5.55. The van der Waals surface area contributed by atoms with Gasteiger partial charge in [-0.1, -0.05) is 12.1 Å². The number of morpholine rings is 1. The van der Waals surface area contributed by atoms with E-state index in [2.05, 4.69) is 0 Å². The van der Waals surface area contributed by atoms with Gasteiger partial charge in [0.15, 0.2) is 0 Å². The minimum absolute atomic E-state index is 0.114. The number of nitrogens with zero attached hydrogens (tertiary/aromatic N) is 1. The number of benzene rings is 1. The van der Waals surface area contributed by atoms with Gasteiger partial charge in [-0.25, -0.2) is 12.8 Å². The van der Waals surface area contributed by atoms with E-state index in [-0.39, 0.29) is 11.6 Å². The summed E-state index contributed by atoms with van der Waals surface area (Å²) in [5, 5.41) is 0. The highest BCUT2D eigenvalue weighted by molar-refractivity contribution is 7.88. The molecule has 0 unspecified atom stereocenters. The van der Waals surface area contributed by atoms with Gasteiger partial charge in [-0.15, -0.1) is 0 Å². The maximum atomic E-state index is 12.8. The van der Waals surface area contributed by atoms with E-state index < -0.39 is 15.6 Å². The van der Waals surface area contributed by atoms with Crippen molar-refractivity contribution in [3.8, 4) is 0 Å². The van der Waals surface area contributed by atoms with E-state index in [1.54, 1.807) is 0 Å². The Balaban J connectivity index is 2.20. The van der Waals surface area contributed by atoms with Crippen LogP contribution in [0.15, 0.2) is 24.3 Å². The number of rotatable bonds is 3. The molecule has 106 valence electrons. The van der Waals surface area contributed by atoms with E-state index in [0.717, 1.165) is 0 Å². The molecule has 1 aromatic rings. The normalized spacial score (nSPS) is 20.4. The Bertz CT molecular complexity index is 540. The van der Waals surface area contributed by atoms with Crippen LogP contribution < -0.4 is 0 Å². The highest BCUT2D eigenvalue weighted by Gasteiger charge is 2.38. The van der Waals surface area contributed by atoms with E-state index in [0.29, 0.717) is 25.3 Å². The molecule has 0 aliphatic carbocycles. The van der Waals surface area contributed by atoms with Crippen LogP contribution in [0.5, 0.6) is 0 Å². The monoisotopic (exact) mass is 287 g/mol. The van der Waals surface area contributed by atoms with Crippen molar-refractivity contribution in [2.75, 3.05) is 19.8 Å². The standard InChI is InChI=1S/C13H18FNO3S/c1-13(2)10-18-8-7-15(13)19(16,17)9-11-3-5-12(14)6-4-11/h3-6H,7-10H2,1-2H3. The fraction of sp³-hybridized carbons (Fsp3) is 0.538. The van der Waals surface area contributed by atoms with Crippen molar-refractivity contribution in [3.63, 3.8) is 0 Å². The second-order valence-electron chi connectivity index (χ2n) is 5.32. The van der Waals surface area contributed by atoms with E-state index in [1.165, 1.54) is 28.6 Å². The van der Waals surface area contributed by atoms with Crippen LogP contribution in [0.3, 0.4) is 0 Å². The Morgan fingerprint density at radius 1 is 1.32 bits per heavy atom. The molecule has 19 heavy (non-hydrogen) atoms. The molecule has 2 rings (SSSR count). The van der Waals surface area contributed by atoms with Gasteiger partial charge in [0, 0.05) is 6.54 Å². The van der Waals surface area contributed by atoms with Gasteiger partial charge in [0.05, 0.1) is 24.5 Å². The molecule has 1 aliphatic heterocycles. The minimum atomic E-state index is -3.43. The molecular formula is C13H18FNO3S. The first-order chi connectivity index (χ1) is 8.81. The fourth-order valence-corrected chi connectivity index (χ4v) is 4.16. The predicted molar refractivity (Wildman–Crippen MR) is 70.6 cm³/mol. The largest absolute Gasteiger partial charge is 0.378 e. The van der Waals surface area contributed by atoms with Crippen LogP contribution in [-0.4, -0.2) is 38.0 Å². The highest BCUT2D eigenvalue weighted by atomic mass is 32.2. The van der Waals surface area contributed by atoms with Gasteiger partial charge in [-0.3, -0.25) is 0 Å². The Hall–Kier alpha value is -0.980. The van der Waals surface area contributed by atoms with E-state index in [4.69, 9.17) is 4.74 Å². The Labute approximate surface area is 113 Å². The molecule has 0 aromatic heterocycles. The molecule has 1 saturated heterocycles. The van der Waals surface area contributed by atoms with Crippen molar-refractivity contribution in [2.24, 2.45) is 0 Å². The molecule has 0 atom stereocenters. The summed E-state index contributed by atoms with van der Waals surface area (Å²) in [6.45, 7) is 4.83. The summed E-state index contributed by atoms with van der Waals surface area (Å²) in [7, 11) is -3.43. The lowest BCUT2D eigenvalue weighted by Gasteiger charge is -2.40. The van der Waals surface area contributed by atoms with Crippen LogP contribution in [0.25, 0.3) is 0 Å². The maximum absolute atomic E-state index is 12.8. The van der Waals surface area contributed by atoms with Gasteiger partial charge in [-0.05, 0) is 31.5 Å². The zero-order chi connectivity index (χ0) is 14.1. The number of sulfonamides is 1. The molecule has 0 radical (unpaired) electrons. The van der Waals surface area contributed by atoms with Crippen LogP contribution in [0, 0.1) is 5.82 Å². The Kier molecular flexibility index (Phi) is 3.94. The predicted octanol–water partition coefficient (Wildman–Crippen LogP) is 1.77. The topological polar surface area (TPSA) is 46.6 Å². The third kappa shape index (κ3) is 3.32. The van der Waals surface area contributed by atoms with Crippen molar-refractivity contribution in [1.82, 2.24) is 4.31 Å². The van der Waals surface area contributed by atoms with Crippen molar-refractivity contribution >= 4 is 10.0 Å². The first-order valence-electron chi connectivity index (χ1n) is 6.14. The number of hydrogen-bond acceptors (Lipinski definition) is 3. The van der Waals surface area contributed by atoms with Crippen molar-refractivity contribution in [3.05, 3.63) is 35.6 Å². The summed E-state index contributed by atoms with van der Waals surface area (Å²) in [6.07, 6.45) is 0. The van der Waals surface area contributed by atoms with Gasteiger partial charge < -0.3 is 4.74 Å². The van der Waals surface area contributed by atoms with Crippen LogP contribution >= 0.6 is 0 Å². The van der Waals surface area contributed by atoms with Gasteiger partial charge in [0.2, 0.25) is 10.0 Å². The summed E-state index contributed by atoms with van der Waals surface area (Å²) in [5.41, 5.74) is 0.0422. The summed E-state index contributed by atoms with van der Waals surface area (Å²) in [4.78, 5) is 0. The fourth-order valence-electron chi connectivity index (χ4n) is 2.23. The van der Waals surface area contributed by atoms with E-state index >= 15 is 0 Å². The average Bonchev–Trinajstić information content (AvgIpc) is 2.31. The summed E-state index contributed by atoms with van der Waals surface area (Å²) in [5.74, 6) is -0.482. The van der Waals surface area contributed by atoms with E-state index in [1.807, 2.05) is 13.8 Å². The molecule has 1 fully saturated rings. The van der Waals surface area contributed by atoms with E-state index in [9.17, 15) is 12.8 Å². The minimum Gasteiger partial charge on any atom is -0.378 e. The average molecular weight is 287 g/mol. The molecule has 0 spiro atoms. The van der Waals surface area contributed by atoms with Crippen molar-refractivity contribution < 1.29 is 17.5 Å². The lowest BCUT2D eigenvalue weighted by atomic mass is 10.1. The first kappa shape index (κ1) is 14.4. The third-order valence-electron chi connectivity index (χ3n) is 3.17. The van der Waals surface area contributed by atoms with Crippen LogP contribution in [0.2, 0.25) is 0 Å². The third-order valence-corrected chi connectivity index (χ3v) is 5.21. The van der Waals surface area contributed by atoms with Gasteiger partial charge in [0.25, 0.3) is 0 Å². The van der Waals surface area contributed by atoms with Crippen LogP contribution in [0.4, 0.5) is 4.39 Å². The quantitative estimate of drug-likeness (QED) is 0.851. The molecule has 6 heteroatoms. The van der Waals surface area contributed by atoms with Crippen molar-refractivity contribution in [2.45, 2.75) is 25.1 Å². The number of halogens is 1. The SMILES string of the molecule is CC1(C)COCCN1S(=O)(=O)Cc1ccc(F)cc1. The molecule has 1 heterocycles. The van der Waals surface area contributed by atoms with Gasteiger partial charge >= 0.3 is 0 Å². The Morgan fingerprint density at radius 2 is 1.95 bits per heavy atom. The lowest BCUT2D eigenvalue weighted by Crippen LogP contribution is -2.55. The highest BCUT2D eigenvalue weighted by Crippen LogP contribution is 2.24. The Morgan fingerprint density at radius 3 is 2.53 bits per heavy atom. The molecule has 0 N–H and O–H groups in total. The molecule has 1 aromatic carbocycles. The van der Waals surface area contributed by atoms with Crippen molar-refractivity contribution in [1.29, 1.82) is 0 Å². The second kappa shape index (κ2) is 5.19. The number of ether oxygens (including phenoxy) is 1. The maximum Gasteiger partial charge on any atom is 0.218 e. The zero-order valence-corrected chi connectivity index (χ0v) is 11.9. The lowest BCUT2D eigenvalue weighted by molar-refractivity contribution is -0.00777. The molecular weight excluding hydrogens is 269 g/mol. The van der Waals surface area contributed by atoms with Gasteiger partial charge in [0.1, 0.15) is 5.82 Å². The summed E-state index contributed by atoms with van der Waals surface area (Å²) >= 11 is 0. The molecule has 1 aliphatic rings. The van der Waals surface area contributed by atoms with Crippen LogP contribution in [0.1, 0.15) is 19.4 Å². The smallest absolute Gasteiger partial charge is 0.218 e. The number of hydrogen-bond donors (Lipinski definition) is 0. The second-order valence-corrected chi connectivity index (χ2v) is 7.21. The first-order valence-corrected chi connectivity index (χ1v) is 7.75. The van der Waals surface area contributed by atoms with Crippen LogP contribution in [-0.2, 0) is 20.5 Å². The molecule has 0 saturated carbocycles.